The van der Waals surface area contributed by atoms with Crippen LogP contribution in [-0.2, 0) is 14.8 Å². The van der Waals surface area contributed by atoms with E-state index >= 15 is 0 Å². The summed E-state index contributed by atoms with van der Waals surface area (Å²) in [5, 5.41) is 0.710. The van der Waals surface area contributed by atoms with Crippen LogP contribution in [0, 0.1) is 5.82 Å². The maximum atomic E-state index is 13.2. The fraction of sp³-hybridized carbons (Fsp3) is 0.435. The Hall–Kier alpha value is -2.20. The van der Waals surface area contributed by atoms with Gasteiger partial charge in [-0.2, -0.15) is 4.31 Å². The summed E-state index contributed by atoms with van der Waals surface area (Å²) in [7, 11) is -3.68. The molecule has 10 heteroatoms. The van der Waals surface area contributed by atoms with E-state index in [2.05, 4.69) is 4.90 Å². The zero-order chi connectivity index (χ0) is 23.4. The van der Waals surface area contributed by atoms with Crippen LogP contribution in [0.25, 0.3) is 0 Å². The second-order valence-corrected chi connectivity index (χ2v) is 10.7. The molecule has 0 radical (unpaired) electrons. The van der Waals surface area contributed by atoms with E-state index in [0.29, 0.717) is 50.7 Å². The minimum atomic E-state index is -3.68. The second-order valence-electron chi connectivity index (χ2n) is 8.31. The van der Waals surface area contributed by atoms with Crippen LogP contribution in [0.15, 0.2) is 53.4 Å². The molecule has 4 rings (SSSR count). The molecule has 2 aromatic carbocycles. The van der Waals surface area contributed by atoms with Crippen molar-refractivity contribution >= 4 is 33.2 Å². The molecule has 2 fully saturated rings. The molecular weight excluding hydrogens is 467 g/mol. The maximum absolute atomic E-state index is 13.2. The molecule has 178 valence electrons. The van der Waals surface area contributed by atoms with Gasteiger partial charge < -0.3 is 9.80 Å². The Bertz CT molecular complexity index is 1080. The third-order valence-corrected chi connectivity index (χ3v) is 8.42. The molecule has 0 atom stereocenters. The fourth-order valence-corrected chi connectivity index (χ4v) is 6.02. The molecule has 0 N–H and O–H groups in total. The minimum Gasteiger partial charge on any atom is -0.367 e. The van der Waals surface area contributed by atoms with E-state index in [0.717, 1.165) is 30.9 Å². The van der Waals surface area contributed by atoms with Gasteiger partial charge in [-0.25, -0.2) is 12.8 Å². The summed E-state index contributed by atoms with van der Waals surface area (Å²) in [6.45, 7) is 4.78. The van der Waals surface area contributed by atoms with Crippen molar-refractivity contribution in [2.45, 2.75) is 11.3 Å². The average Bonchev–Trinajstić information content (AvgIpc) is 3.06. The Balaban J connectivity index is 1.29. The van der Waals surface area contributed by atoms with Crippen molar-refractivity contribution < 1.29 is 17.6 Å². The van der Waals surface area contributed by atoms with Crippen LogP contribution in [0.5, 0.6) is 0 Å². The van der Waals surface area contributed by atoms with E-state index in [1.54, 1.807) is 0 Å². The van der Waals surface area contributed by atoms with E-state index in [9.17, 15) is 17.6 Å². The molecule has 2 saturated heterocycles. The molecule has 1 amide bonds. The van der Waals surface area contributed by atoms with E-state index in [-0.39, 0.29) is 17.3 Å². The van der Waals surface area contributed by atoms with Crippen LogP contribution < -0.4 is 4.90 Å². The van der Waals surface area contributed by atoms with Crippen molar-refractivity contribution in [2.24, 2.45) is 0 Å². The average molecular weight is 495 g/mol. The number of carbonyl (C=O) groups excluding carboxylic acids is 1. The minimum absolute atomic E-state index is 0.0589. The molecular formula is C23H28ClFN4O3S. The van der Waals surface area contributed by atoms with Gasteiger partial charge >= 0.3 is 0 Å². The van der Waals surface area contributed by atoms with Crippen molar-refractivity contribution in [1.29, 1.82) is 0 Å². The first-order valence-electron chi connectivity index (χ1n) is 11.1. The fourth-order valence-electron chi connectivity index (χ4n) is 4.30. The lowest BCUT2D eigenvalue weighted by atomic mass is 10.2. The van der Waals surface area contributed by atoms with Gasteiger partial charge in [-0.15, -0.1) is 0 Å². The van der Waals surface area contributed by atoms with Crippen molar-refractivity contribution in [3.8, 4) is 0 Å². The molecule has 0 saturated carbocycles. The van der Waals surface area contributed by atoms with Crippen LogP contribution in [0.3, 0.4) is 0 Å². The number of piperazine rings is 1. The summed E-state index contributed by atoms with van der Waals surface area (Å²) >= 11 is 6.30. The summed E-state index contributed by atoms with van der Waals surface area (Å²) in [5.74, 6) is -0.411. The zero-order valence-corrected chi connectivity index (χ0v) is 19.9. The van der Waals surface area contributed by atoms with E-state index in [1.807, 2.05) is 34.1 Å². The van der Waals surface area contributed by atoms with E-state index in [1.165, 1.54) is 16.4 Å². The second kappa shape index (κ2) is 10.4. The molecule has 0 unspecified atom stereocenters. The molecule has 0 bridgehead atoms. The molecule has 2 heterocycles. The highest BCUT2D eigenvalue weighted by molar-refractivity contribution is 7.89. The van der Waals surface area contributed by atoms with E-state index in [4.69, 9.17) is 11.6 Å². The summed E-state index contributed by atoms with van der Waals surface area (Å²) in [6.07, 6.45) is 0.633. The molecule has 33 heavy (non-hydrogen) atoms. The maximum Gasteiger partial charge on any atom is 0.243 e. The highest BCUT2D eigenvalue weighted by atomic mass is 35.5. The number of rotatable bonds is 5. The largest absolute Gasteiger partial charge is 0.367 e. The molecule has 0 aliphatic carbocycles. The predicted molar refractivity (Wildman–Crippen MR) is 126 cm³/mol. The van der Waals surface area contributed by atoms with Gasteiger partial charge in [0.2, 0.25) is 15.9 Å². The first-order chi connectivity index (χ1) is 15.8. The zero-order valence-electron chi connectivity index (χ0n) is 18.4. The Morgan fingerprint density at radius 2 is 1.58 bits per heavy atom. The Morgan fingerprint density at radius 3 is 2.27 bits per heavy atom. The third-order valence-electron chi connectivity index (χ3n) is 6.18. The molecule has 2 aromatic rings. The van der Waals surface area contributed by atoms with Crippen LogP contribution in [0.1, 0.15) is 6.42 Å². The SMILES string of the molecule is O=C(CN1CCCN(S(=O)(=O)c2ccc(F)cc2)CC1)N1CCN(c2ccccc2Cl)CC1. The van der Waals surface area contributed by atoms with Gasteiger partial charge in [-0.1, -0.05) is 23.7 Å². The lowest BCUT2D eigenvalue weighted by Crippen LogP contribution is -2.51. The molecule has 2 aliphatic heterocycles. The number of para-hydroxylation sites is 1. The highest BCUT2D eigenvalue weighted by Crippen LogP contribution is 2.26. The first kappa shape index (κ1) is 23.9. The summed E-state index contributed by atoms with van der Waals surface area (Å²) in [4.78, 5) is 19.1. The van der Waals surface area contributed by atoms with E-state index < -0.39 is 15.8 Å². The summed E-state index contributed by atoms with van der Waals surface area (Å²) in [6, 6.07) is 12.6. The lowest BCUT2D eigenvalue weighted by molar-refractivity contribution is -0.132. The lowest BCUT2D eigenvalue weighted by Gasteiger charge is -2.37. The number of anilines is 1. The number of carbonyl (C=O) groups is 1. The van der Waals surface area contributed by atoms with Crippen molar-refractivity contribution in [3.05, 3.63) is 59.4 Å². The highest BCUT2D eigenvalue weighted by Gasteiger charge is 2.29. The van der Waals surface area contributed by atoms with Gasteiger partial charge in [0.05, 0.1) is 22.2 Å². The van der Waals surface area contributed by atoms with Crippen LogP contribution in [0.4, 0.5) is 10.1 Å². The molecule has 0 aromatic heterocycles. The third kappa shape index (κ3) is 5.66. The van der Waals surface area contributed by atoms with Crippen molar-refractivity contribution in [1.82, 2.24) is 14.1 Å². The van der Waals surface area contributed by atoms with Gasteiger partial charge in [0.1, 0.15) is 5.82 Å². The van der Waals surface area contributed by atoms with Crippen molar-refractivity contribution in [2.75, 3.05) is 63.8 Å². The van der Waals surface area contributed by atoms with Crippen LogP contribution in [-0.4, -0.2) is 87.3 Å². The molecule has 2 aliphatic rings. The van der Waals surface area contributed by atoms with Gasteiger partial charge in [0.15, 0.2) is 0 Å². The first-order valence-corrected chi connectivity index (χ1v) is 12.9. The number of hydrogen-bond donors (Lipinski definition) is 0. The number of nitrogens with zero attached hydrogens (tertiary/aromatic N) is 4. The topological polar surface area (TPSA) is 64.2 Å². The number of benzene rings is 2. The Kier molecular flexibility index (Phi) is 7.53. The summed E-state index contributed by atoms with van der Waals surface area (Å²) in [5.41, 5.74) is 0.987. The van der Waals surface area contributed by atoms with Crippen LogP contribution >= 0.6 is 11.6 Å². The standard InChI is InChI=1S/C23H28ClFN4O3S/c24-21-4-1-2-5-22(21)27-13-15-28(16-14-27)23(30)18-26-10-3-11-29(17-12-26)33(31,32)20-8-6-19(25)7-9-20/h1-2,4-9H,3,10-18H2. The quantitative estimate of drug-likeness (QED) is 0.639. The monoisotopic (exact) mass is 494 g/mol. The van der Waals surface area contributed by atoms with Gasteiger partial charge in [-0.3, -0.25) is 9.69 Å². The number of halogens is 2. The molecule has 0 spiro atoms. The smallest absolute Gasteiger partial charge is 0.243 e. The molecule has 7 nitrogen and oxygen atoms in total. The number of hydrogen-bond acceptors (Lipinski definition) is 5. The van der Waals surface area contributed by atoms with Crippen molar-refractivity contribution in [3.63, 3.8) is 0 Å². The predicted octanol–water partition coefficient (Wildman–Crippen LogP) is 2.52. The normalized spacial score (nSPS) is 18.8. The summed E-state index contributed by atoms with van der Waals surface area (Å²) < 4.78 is 40.4. The number of amides is 1. The van der Waals surface area contributed by atoms with Gasteiger partial charge in [0.25, 0.3) is 0 Å². The number of sulfonamides is 1. The van der Waals surface area contributed by atoms with Gasteiger partial charge in [0, 0.05) is 45.8 Å². The Labute approximate surface area is 199 Å². The van der Waals surface area contributed by atoms with Crippen LogP contribution in [0.2, 0.25) is 5.02 Å². The van der Waals surface area contributed by atoms with Gasteiger partial charge in [-0.05, 0) is 49.4 Å². The Morgan fingerprint density at radius 1 is 0.879 bits per heavy atom.